The van der Waals surface area contributed by atoms with E-state index in [4.69, 9.17) is 4.74 Å². The van der Waals surface area contributed by atoms with Crippen LogP contribution in [0.4, 0.5) is 5.69 Å². The smallest absolute Gasteiger partial charge is 0.251 e. The summed E-state index contributed by atoms with van der Waals surface area (Å²) < 4.78 is 30.0. The van der Waals surface area contributed by atoms with Gasteiger partial charge in [0, 0.05) is 24.4 Å². The first kappa shape index (κ1) is 18.4. The molecule has 138 valence electrons. The molecule has 1 fully saturated rings. The number of anilines is 1. The molecule has 0 aromatic heterocycles. The number of hydrogen-bond acceptors (Lipinski definition) is 5. The van der Waals surface area contributed by atoms with Gasteiger partial charge in [-0.25, -0.2) is 8.42 Å². The summed E-state index contributed by atoms with van der Waals surface area (Å²) in [6.45, 7) is 1.26. The lowest BCUT2D eigenvalue weighted by atomic mass is 10.2. The van der Waals surface area contributed by atoms with Crippen LogP contribution in [0.15, 0.2) is 59.5 Å². The second-order valence-electron chi connectivity index (χ2n) is 6.17. The van der Waals surface area contributed by atoms with Gasteiger partial charge in [-0.05, 0) is 49.2 Å². The van der Waals surface area contributed by atoms with E-state index in [2.05, 4.69) is 10.6 Å². The Labute approximate surface area is 153 Å². The van der Waals surface area contributed by atoms with Crippen LogP contribution in [0.25, 0.3) is 0 Å². The van der Waals surface area contributed by atoms with E-state index in [1.54, 1.807) is 54.6 Å². The highest BCUT2D eigenvalue weighted by atomic mass is 32.2. The van der Waals surface area contributed by atoms with E-state index in [-0.39, 0.29) is 22.8 Å². The van der Waals surface area contributed by atoms with Gasteiger partial charge in [0.05, 0.1) is 11.0 Å². The van der Waals surface area contributed by atoms with Gasteiger partial charge in [0.15, 0.2) is 9.84 Å². The molecule has 1 amide bonds. The quantitative estimate of drug-likeness (QED) is 0.778. The minimum atomic E-state index is -3.41. The number of ether oxygens (including phenoxy) is 1. The molecule has 2 aromatic carbocycles. The van der Waals surface area contributed by atoms with Gasteiger partial charge in [-0.3, -0.25) is 4.79 Å². The van der Waals surface area contributed by atoms with E-state index in [1.807, 2.05) is 0 Å². The molecule has 1 aliphatic rings. The van der Waals surface area contributed by atoms with Crippen LogP contribution in [0, 0.1) is 0 Å². The molecule has 0 spiro atoms. The Kier molecular flexibility index (Phi) is 5.90. The summed E-state index contributed by atoms with van der Waals surface area (Å²) in [6, 6.07) is 15.0. The highest BCUT2D eigenvalue weighted by Gasteiger charge is 2.17. The Balaban J connectivity index is 1.53. The Bertz CT molecular complexity index is 830. The minimum absolute atomic E-state index is 0.100. The predicted octanol–water partition coefficient (Wildman–Crippen LogP) is 2.44. The number of benzene rings is 2. The van der Waals surface area contributed by atoms with E-state index in [0.29, 0.717) is 17.8 Å². The number of amides is 1. The molecule has 2 N–H and O–H groups in total. The van der Waals surface area contributed by atoms with Gasteiger partial charge in [-0.1, -0.05) is 18.2 Å². The Morgan fingerprint density at radius 1 is 1.08 bits per heavy atom. The van der Waals surface area contributed by atoms with E-state index in [9.17, 15) is 13.2 Å². The van der Waals surface area contributed by atoms with Crippen molar-refractivity contribution in [2.75, 3.05) is 24.3 Å². The van der Waals surface area contributed by atoms with Crippen LogP contribution < -0.4 is 10.6 Å². The molecule has 0 radical (unpaired) electrons. The lowest BCUT2D eigenvalue weighted by Crippen LogP contribution is -2.31. The molecule has 0 bridgehead atoms. The Morgan fingerprint density at radius 3 is 2.46 bits per heavy atom. The first-order chi connectivity index (χ1) is 12.5. The van der Waals surface area contributed by atoms with Crippen molar-refractivity contribution < 1.29 is 17.9 Å². The normalized spacial score (nSPS) is 17.0. The van der Waals surface area contributed by atoms with Gasteiger partial charge in [0.2, 0.25) is 0 Å². The number of carbonyl (C=O) groups is 1. The zero-order chi connectivity index (χ0) is 18.4. The van der Waals surface area contributed by atoms with Gasteiger partial charge < -0.3 is 15.4 Å². The summed E-state index contributed by atoms with van der Waals surface area (Å²) in [6.07, 6.45) is 2.11. The second kappa shape index (κ2) is 8.33. The maximum atomic E-state index is 12.3. The monoisotopic (exact) mass is 374 g/mol. The summed E-state index contributed by atoms with van der Waals surface area (Å²) in [5.74, 6) is -0.370. The zero-order valence-electron chi connectivity index (χ0n) is 14.4. The number of hydrogen-bond donors (Lipinski definition) is 2. The largest absolute Gasteiger partial charge is 0.376 e. The van der Waals surface area contributed by atoms with Crippen LogP contribution in [-0.2, 0) is 14.6 Å². The van der Waals surface area contributed by atoms with Crippen molar-refractivity contribution >= 4 is 21.4 Å². The number of nitrogens with one attached hydrogen (secondary N) is 2. The highest BCUT2D eigenvalue weighted by molar-refractivity contribution is 7.91. The van der Waals surface area contributed by atoms with Crippen molar-refractivity contribution in [2.24, 2.45) is 0 Å². The van der Waals surface area contributed by atoms with Gasteiger partial charge in [-0.2, -0.15) is 0 Å². The molecular formula is C19H22N2O4S. The van der Waals surface area contributed by atoms with Crippen molar-refractivity contribution in [3.8, 4) is 0 Å². The standard InChI is InChI=1S/C19H22N2O4S/c22-19(20-13-17-5-4-12-25-17)15-8-10-16(11-9-15)21-14-26(23,24)18-6-2-1-3-7-18/h1-3,6-11,17,21H,4-5,12-14H2,(H,20,22). The third-order valence-electron chi connectivity index (χ3n) is 4.23. The molecule has 1 heterocycles. The molecule has 0 saturated carbocycles. The van der Waals surface area contributed by atoms with Crippen molar-refractivity contribution in [2.45, 2.75) is 23.8 Å². The molecule has 6 nitrogen and oxygen atoms in total. The summed E-state index contributed by atoms with van der Waals surface area (Å²) >= 11 is 0. The first-order valence-electron chi connectivity index (χ1n) is 8.56. The Morgan fingerprint density at radius 2 is 1.81 bits per heavy atom. The van der Waals surface area contributed by atoms with Crippen LogP contribution in [-0.4, -0.2) is 39.5 Å². The Hall–Kier alpha value is -2.38. The summed E-state index contributed by atoms with van der Waals surface area (Å²) in [4.78, 5) is 12.4. The summed E-state index contributed by atoms with van der Waals surface area (Å²) in [5, 5.41) is 5.74. The predicted molar refractivity (Wildman–Crippen MR) is 99.9 cm³/mol. The molecule has 1 saturated heterocycles. The lowest BCUT2D eigenvalue weighted by molar-refractivity contribution is 0.0858. The number of carbonyl (C=O) groups excluding carboxylic acids is 1. The summed E-state index contributed by atoms with van der Waals surface area (Å²) in [7, 11) is -3.41. The third kappa shape index (κ3) is 4.83. The molecule has 26 heavy (non-hydrogen) atoms. The molecule has 7 heteroatoms. The molecule has 1 atom stereocenters. The van der Waals surface area contributed by atoms with Gasteiger partial charge in [-0.15, -0.1) is 0 Å². The molecule has 0 aliphatic carbocycles. The average Bonchev–Trinajstić information content (AvgIpc) is 3.19. The number of rotatable bonds is 7. The lowest BCUT2D eigenvalue weighted by Gasteiger charge is -2.11. The molecule has 2 aromatic rings. The maximum Gasteiger partial charge on any atom is 0.251 e. The topological polar surface area (TPSA) is 84.5 Å². The van der Waals surface area contributed by atoms with Crippen LogP contribution in [0.1, 0.15) is 23.2 Å². The highest BCUT2D eigenvalue weighted by Crippen LogP contribution is 2.14. The summed E-state index contributed by atoms with van der Waals surface area (Å²) in [5.41, 5.74) is 1.17. The third-order valence-corrected chi connectivity index (χ3v) is 5.74. The minimum Gasteiger partial charge on any atom is -0.376 e. The zero-order valence-corrected chi connectivity index (χ0v) is 15.2. The van der Waals surface area contributed by atoms with E-state index in [1.165, 1.54) is 0 Å². The van der Waals surface area contributed by atoms with Crippen LogP contribution in [0.2, 0.25) is 0 Å². The van der Waals surface area contributed by atoms with E-state index >= 15 is 0 Å². The maximum absolute atomic E-state index is 12.3. The molecular weight excluding hydrogens is 352 g/mol. The van der Waals surface area contributed by atoms with Gasteiger partial charge >= 0.3 is 0 Å². The van der Waals surface area contributed by atoms with Crippen molar-refractivity contribution in [3.05, 3.63) is 60.2 Å². The van der Waals surface area contributed by atoms with Crippen molar-refractivity contribution in [1.82, 2.24) is 5.32 Å². The number of sulfone groups is 1. The molecule has 3 rings (SSSR count). The van der Waals surface area contributed by atoms with Crippen LogP contribution >= 0.6 is 0 Å². The van der Waals surface area contributed by atoms with Crippen molar-refractivity contribution in [3.63, 3.8) is 0 Å². The van der Waals surface area contributed by atoms with E-state index < -0.39 is 9.84 Å². The fourth-order valence-electron chi connectivity index (χ4n) is 2.74. The van der Waals surface area contributed by atoms with E-state index in [0.717, 1.165) is 19.4 Å². The fourth-order valence-corrected chi connectivity index (χ4v) is 3.84. The first-order valence-corrected chi connectivity index (χ1v) is 10.2. The van der Waals surface area contributed by atoms with Gasteiger partial charge in [0.25, 0.3) is 5.91 Å². The second-order valence-corrected chi connectivity index (χ2v) is 8.16. The van der Waals surface area contributed by atoms with Crippen LogP contribution in [0.5, 0.6) is 0 Å². The van der Waals surface area contributed by atoms with Crippen molar-refractivity contribution in [1.29, 1.82) is 0 Å². The van der Waals surface area contributed by atoms with Gasteiger partial charge in [0.1, 0.15) is 5.88 Å². The molecule has 1 aliphatic heterocycles. The SMILES string of the molecule is O=C(NCC1CCCO1)c1ccc(NCS(=O)(=O)c2ccccc2)cc1. The fraction of sp³-hybridized carbons (Fsp3) is 0.316. The average molecular weight is 374 g/mol. The van der Waals surface area contributed by atoms with Crippen LogP contribution in [0.3, 0.4) is 0 Å². The molecule has 1 unspecified atom stereocenters.